The molecule has 9 N–H and O–H groups in total. The van der Waals surface area contributed by atoms with Crippen molar-refractivity contribution in [1.82, 2.24) is 19.9 Å². The molecule has 21 rings (SSSR count). The number of ketones is 3. The summed E-state index contributed by atoms with van der Waals surface area (Å²) in [5.74, 6) is 3.52. The van der Waals surface area contributed by atoms with E-state index in [1.807, 2.05) is 6.33 Å². The van der Waals surface area contributed by atoms with Crippen LogP contribution in [-0.2, 0) is 20.4 Å². The van der Waals surface area contributed by atoms with Gasteiger partial charge in [0.1, 0.15) is 35.3 Å². The third-order valence-electron chi connectivity index (χ3n) is 28.4. The highest BCUT2D eigenvalue weighted by Gasteiger charge is 2.82. The number of carbonyl (C=O) groups is 3. The number of fused-ring (bicyclic) bond motifs is 11. The van der Waals surface area contributed by atoms with Crippen molar-refractivity contribution < 1.29 is 54.5 Å². The summed E-state index contributed by atoms with van der Waals surface area (Å²) in [5, 5.41) is 86.4. The number of ether oxygens (including phenoxy) is 2. The van der Waals surface area contributed by atoms with Gasteiger partial charge in [-0.1, -0.05) is 38.0 Å². The van der Waals surface area contributed by atoms with Gasteiger partial charge < -0.3 is 55.4 Å². The maximum Gasteiger partial charge on any atom is 0.261 e. The Balaban J connectivity index is 0.938. The van der Waals surface area contributed by atoms with E-state index in [-0.39, 0.29) is 86.1 Å². The summed E-state index contributed by atoms with van der Waals surface area (Å²) in [5.41, 5.74) is 1.18. The molecule has 10 bridgehead atoms. The predicted molar refractivity (Wildman–Crippen MR) is 328 cm³/mol. The number of aliphatic hydroxyl groups excluding tert-OH is 5. The molecule has 90 heavy (non-hydrogen) atoms. The number of imidazole rings is 1. The van der Waals surface area contributed by atoms with Crippen molar-refractivity contribution >= 4 is 39.5 Å². The number of H-pyrrole nitrogens is 2. The molecule has 7 saturated carbocycles. The van der Waals surface area contributed by atoms with Gasteiger partial charge in [0.05, 0.1) is 46.5 Å². The number of aliphatic hydroxyl groups is 5. The zero-order valence-corrected chi connectivity index (χ0v) is 50.9. The van der Waals surface area contributed by atoms with E-state index in [9.17, 15) is 35.4 Å². The summed E-state index contributed by atoms with van der Waals surface area (Å²) in [6.07, 6.45) is 15.0. The van der Waals surface area contributed by atoms with Crippen molar-refractivity contribution in [3.63, 3.8) is 0 Å². The molecule has 16 nitrogen and oxygen atoms in total. The molecule has 1 saturated heterocycles. The summed E-state index contributed by atoms with van der Waals surface area (Å²) in [6, 6.07) is 8.76. The van der Waals surface area contributed by atoms with Gasteiger partial charge >= 0.3 is 0 Å². The molecule has 2 aromatic carbocycles. The van der Waals surface area contributed by atoms with E-state index in [1.165, 1.54) is 6.07 Å². The van der Waals surface area contributed by atoms with Crippen LogP contribution in [0.5, 0.6) is 11.5 Å². The number of carbonyl (C=O) groups excluding carboxylic acids is 3. The fraction of sp³-hybridized carbons (Fsp3) is 0.581. The Morgan fingerprint density at radius 2 is 1.58 bits per heavy atom. The van der Waals surface area contributed by atoms with Crippen LogP contribution in [0.1, 0.15) is 213 Å². The minimum absolute atomic E-state index is 0.0140. The van der Waals surface area contributed by atoms with E-state index in [1.54, 1.807) is 37.4 Å². The first-order chi connectivity index (χ1) is 43.5. The zero-order valence-electron chi connectivity index (χ0n) is 50.9. The summed E-state index contributed by atoms with van der Waals surface area (Å²) < 4.78 is 15.4. The first-order valence-corrected chi connectivity index (χ1v) is 34.2. The average molecular weight is 1210 g/mol. The standard InChI is InChI=1S/C74H77N5O11/c1-35-26-41-51(46(81)27-35)59(84)53-47-28-40-39(52(53)58(41)83)16-25-75-65(40)76-32-50(82)73-48-13-12-45-56(73)55-43(31-71(89-47)63(86)60(85)64(87)74(55,90-71)66(88)70(45)24-23-67(33-70)17-2-3-18-67)57-42-29-49(79-57)72-36(9-7-11-44(54(42)73)69(48)19-4-5-20-69)8-6-10-37(72)30-68(21-14-38(80)15-22-68)61-62(72)78-34-77-61/h16,25-29,31,34,36-37,44-45,48,50,54,60,63-64,66,79,81-82,85-88H,2-6,8-10,12-15,17-24,30,32-33H2,1H3,(H,75,76)(H,77,78). The maximum atomic E-state index is 15.7. The molecule has 0 radical (unpaired) electrons. The molecule has 16 unspecified atom stereocenters. The molecular formula is C74H77N5O11. The molecule has 16 heteroatoms. The minimum atomic E-state index is -2.51. The van der Waals surface area contributed by atoms with Crippen LogP contribution in [0.2, 0.25) is 0 Å². The van der Waals surface area contributed by atoms with Crippen molar-refractivity contribution in [3.05, 3.63) is 116 Å². The third kappa shape index (κ3) is 5.98. The topological polar surface area (TPSA) is 260 Å². The molecule has 3 aromatic heterocycles. The molecule has 5 aromatic rings. The van der Waals surface area contributed by atoms with E-state index in [0.717, 1.165) is 137 Å². The smallest absolute Gasteiger partial charge is 0.261 e. The molecule has 8 fully saturated rings. The Hall–Kier alpha value is -6.45. The second-order valence-corrected chi connectivity index (χ2v) is 31.5. The molecule has 464 valence electrons. The zero-order chi connectivity index (χ0) is 60.8. The van der Waals surface area contributed by atoms with Crippen LogP contribution >= 0.6 is 0 Å². The van der Waals surface area contributed by atoms with E-state index >= 15 is 9.59 Å². The lowest BCUT2D eigenvalue weighted by molar-refractivity contribution is -0.369. The van der Waals surface area contributed by atoms with Crippen LogP contribution in [-0.4, -0.2) is 116 Å². The molecular weight excluding hydrogens is 1130 g/mol. The summed E-state index contributed by atoms with van der Waals surface area (Å²) in [4.78, 5) is 62.7. The number of aromatic hydroxyl groups is 1. The Bertz CT molecular complexity index is 4270. The van der Waals surface area contributed by atoms with Crippen molar-refractivity contribution in [3.8, 4) is 23.3 Å². The van der Waals surface area contributed by atoms with Crippen molar-refractivity contribution in [1.29, 1.82) is 0 Å². The number of aromatic nitrogens is 4. The molecule has 7 heterocycles. The Kier molecular flexibility index (Phi) is 10.5. The SMILES string of the molecule is Cc1cc(O)c2c(c1)C(=O)c1c(c3cc4c(nccc14)NCC(O)C14C5=C6C7=CC8(O3)OC6(C(O)C(O)C8O)C(O)C3(CCC6(CCCC6)C3)C5CCC1C1(CCCC1)C1C#CCC3CCCC5CC6(CCC(=O)CC6)c6nc[nH]c6C35c3cc(c7[nH]3)C14)C2=O. The lowest BCUT2D eigenvalue weighted by atomic mass is 9.42. The Morgan fingerprint density at radius 3 is 2.40 bits per heavy atom. The fourth-order valence-corrected chi connectivity index (χ4v) is 25.4. The van der Waals surface area contributed by atoms with E-state index in [0.29, 0.717) is 76.9 Å². The fourth-order valence-electron chi connectivity index (χ4n) is 25.4. The molecule has 16 atom stereocenters. The van der Waals surface area contributed by atoms with E-state index in [4.69, 9.17) is 19.4 Å². The second-order valence-electron chi connectivity index (χ2n) is 31.5. The second kappa shape index (κ2) is 17.4. The van der Waals surface area contributed by atoms with E-state index < -0.39 is 75.6 Å². The number of rotatable bonds is 0. The van der Waals surface area contributed by atoms with Crippen LogP contribution in [0.25, 0.3) is 16.3 Å². The number of pyridine rings is 1. The predicted octanol–water partition coefficient (Wildman–Crippen LogP) is 9.48. The molecule has 8 spiro atoms. The van der Waals surface area contributed by atoms with Gasteiger partial charge in [-0.3, -0.25) is 14.4 Å². The highest BCUT2D eigenvalue weighted by molar-refractivity contribution is 6.34. The van der Waals surface area contributed by atoms with Crippen LogP contribution < -0.4 is 10.1 Å². The largest absolute Gasteiger partial charge is 0.507 e. The van der Waals surface area contributed by atoms with Crippen LogP contribution in [0.15, 0.2) is 60.1 Å². The molecule has 12 aliphatic carbocycles. The number of nitrogens with zero attached hydrogens (tertiary/aromatic N) is 2. The summed E-state index contributed by atoms with van der Waals surface area (Å²) >= 11 is 0. The van der Waals surface area contributed by atoms with E-state index in [2.05, 4.69) is 33.2 Å². The normalized spacial score (nSPS) is 40.8. The maximum absolute atomic E-state index is 15.7. The number of Topliss-reactive ketones (excluding diaryl/α,β-unsaturated/α-hetero) is 1. The molecule has 0 amide bonds. The third-order valence-corrected chi connectivity index (χ3v) is 28.4. The number of aromatic amines is 2. The first kappa shape index (κ1) is 54.1. The monoisotopic (exact) mass is 1210 g/mol. The van der Waals surface area contributed by atoms with Gasteiger partial charge in [-0.05, 0) is 195 Å². The summed E-state index contributed by atoms with van der Waals surface area (Å²) in [6.45, 7) is 1.73. The quantitative estimate of drug-likeness (QED) is 0.0642. The summed E-state index contributed by atoms with van der Waals surface area (Å²) in [7, 11) is 0. The molecule has 16 aliphatic rings. The molecule has 4 aliphatic heterocycles. The minimum Gasteiger partial charge on any atom is -0.507 e. The highest BCUT2D eigenvalue weighted by atomic mass is 16.7. The van der Waals surface area contributed by atoms with Gasteiger partial charge in [0, 0.05) is 93.6 Å². The number of nitrogens with one attached hydrogen (secondary N) is 3. The van der Waals surface area contributed by atoms with Crippen molar-refractivity contribution in [2.45, 2.75) is 207 Å². The number of anilines is 1. The number of hydrogen-bond donors (Lipinski definition) is 9. The van der Waals surface area contributed by atoms with Gasteiger partial charge in [-0.25, -0.2) is 9.97 Å². The van der Waals surface area contributed by atoms with Crippen LogP contribution in [0.4, 0.5) is 5.82 Å². The van der Waals surface area contributed by atoms with Gasteiger partial charge in [-0.15, -0.1) is 5.92 Å². The highest BCUT2D eigenvalue weighted by Crippen LogP contribution is 2.83. The Morgan fingerprint density at radius 1 is 0.778 bits per heavy atom. The number of benzene rings is 2. The average Bonchev–Trinajstić information content (AvgIpc) is 1.44. The van der Waals surface area contributed by atoms with Gasteiger partial charge in [0.25, 0.3) is 5.79 Å². The van der Waals surface area contributed by atoms with Crippen LogP contribution in [0, 0.1) is 70.0 Å². The van der Waals surface area contributed by atoms with Gasteiger partial charge in [-0.2, -0.15) is 0 Å². The lowest BCUT2D eigenvalue weighted by Gasteiger charge is -2.68. The Labute approximate surface area is 521 Å². The number of phenolic OH excluding ortho intramolecular Hbond substituents is 1. The van der Waals surface area contributed by atoms with Crippen molar-refractivity contribution in [2.75, 3.05) is 11.9 Å². The number of phenols is 1. The van der Waals surface area contributed by atoms with Crippen molar-refractivity contribution in [2.24, 2.45) is 51.2 Å². The van der Waals surface area contributed by atoms with Gasteiger partial charge in [0.2, 0.25) is 5.78 Å². The van der Waals surface area contributed by atoms with Gasteiger partial charge in [0.15, 0.2) is 17.5 Å². The first-order valence-electron chi connectivity index (χ1n) is 34.2. The lowest BCUT2D eigenvalue weighted by Crippen LogP contribution is -2.80. The number of hydrogen-bond acceptors (Lipinski definition) is 14. The van der Waals surface area contributed by atoms with Crippen LogP contribution in [0.3, 0.4) is 0 Å². The number of aryl methyl sites for hydroxylation is 1.